The SMILES string of the molecule is CCN(c1ccccc1)S(=O)(=O)c1ccc(C(=O)Oc2cccnc2Br)cc1. The fraction of sp³-hybridized carbons (Fsp3) is 0.100. The van der Waals surface area contributed by atoms with E-state index in [0.29, 0.717) is 10.3 Å². The molecule has 0 saturated carbocycles. The number of rotatable bonds is 6. The first kappa shape index (κ1) is 20.0. The summed E-state index contributed by atoms with van der Waals surface area (Å²) in [6.07, 6.45) is 1.56. The molecular weight excluding hydrogens is 444 g/mol. The Morgan fingerprint density at radius 2 is 1.71 bits per heavy atom. The highest BCUT2D eigenvalue weighted by Crippen LogP contribution is 2.25. The molecule has 0 amide bonds. The number of ether oxygens (including phenoxy) is 1. The van der Waals surface area contributed by atoms with Gasteiger partial charge in [0.25, 0.3) is 10.0 Å². The Balaban J connectivity index is 1.83. The lowest BCUT2D eigenvalue weighted by molar-refractivity contribution is 0.0732. The van der Waals surface area contributed by atoms with E-state index in [-0.39, 0.29) is 22.8 Å². The molecule has 0 aliphatic carbocycles. The van der Waals surface area contributed by atoms with Gasteiger partial charge in [-0.2, -0.15) is 0 Å². The van der Waals surface area contributed by atoms with Gasteiger partial charge in [0, 0.05) is 12.7 Å². The number of aromatic nitrogens is 1. The summed E-state index contributed by atoms with van der Waals surface area (Å²) in [6.45, 7) is 2.05. The zero-order valence-corrected chi connectivity index (χ0v) is 17.4. The molecule has 3 rings (SSSR count). The molecule has 0 atom stereocenters. The fourth-order valence-electron chi connectivity index (χ4n) is 2.58. The van der Waals surface area contributed by atoms with Crippen LogP contribution in [0.5, 0.6) is 5.75 Å². The van der Waals surface area contributed by atoms with Gasteiger partial charge in [0.1, 0.15) is 4.60 Å². The first-order chi connectivity index (χ1) is 13.4. The fourth-order valence-corrected chi connectivity index (χ4v) is 4.39. The highest BCUT2D eigenvalue weighted by molar-refractivity contribution is 9.10. The summed E-state index contributed by atoms with van der Waals surface area (Å²) in [5.41, 5.74) is 0.812. The molecule has 3 aromatic rings. The minimum atomic E-state index is -3.75. The highest BCUT2D eigenvalue weighted by Gasteiger charge is 2.24. The van der Waals surface area contributed by atoms with Crippen LogP contribution in [-0.4, -0.2) is 25.9 Å². The third-order valence-electron chi connectivity index (χ3n) is 3.94. The first-order valence-corrected chi connectivity index (χ1v) is 10.7. The molecule has 8 heteroatoms. The number of hydrogen-bond donors (Lipinski definition) is 0. The van der Waals surface area contributed by atoms with E-state index in [1.165, 1.54) is 28.6 Å². The Labute approximate surface area is 172 Å². The number of esters is 1. The van der Waals surface area contributed by atoms with E-state index in [4.69, 9.17) is 4.74 Å². The van der Waals surface area contributed by atoms with Crippen LogP contribution in [0.2, 0.25) is 0 Å². The van der Waals surface area contributed by atoms with E-state index in [1.54, 1.807) is 49.5 Å². The van der Waals surface area contributed by atoms with Crippen molar-refractivity contribution in [2.45, 2.75) is 11.8 Å². The van der Waals surface area contributed by atoms with E-state index in [9.17, 15) is 13.2 Å². The van der Waals surface area contributed by atoms with Crippen LogP contribution in [0, 0.1) is 0 Å². The lowest BCUT2D eigenvalue weighted by Crippen LogP contribution is -2.30. The Bertz CT molecular complexity index is 1070. The predicted molar refractivity (Wildman–Crippen MR) is 110 cm³/mol. The minimum Gasteiger partial charge on any atom is -0.420 e. The lowest BCUT2D eigenvalue weighted by Gasteiger charge is -2.22. The maximum Gasteiger partial charge on any atom is 0.343 e. The summed E-state index contributed by atoms with van der Waals surface area (Å²) in [5, 5.41) is 0. The number of para-hydroxylation sites is 1. The lowest BCUT2D eigenvalue weighted by atomic mass is 10.2. The standard InChI is InChI=1S/C20H17BrN2O4S/c1-2-23(16-7-4-3-5-8-16)28(25,26)17-12-10-15(11-13-17)20(24)27-18-9-6-14-22-19(18)21/h3-14H,2H2,1H3. The summed E-state index contributed by atoms with van der Waals surface area (Å²) in [6, 6.07) is 17.8. The van der Waals surface area contributed by atoms with Crippen LogP contribution in [0.4, 0.5) is 5.69 Å². The van der Waals surface area contributed by atoms with Crippen molar-refractivity contribution in [3.8, 4) is 5.75 Å². The molecule has 0 N–H and O–H groups in total. The van der Waals surface area contributed by atoms with Crippen LogP contribution in [0.3, 0.4) is 0 Å². The van der Waals surface area contributed by atoms with E-state index in [2.05, 4.69) is 20.9 Å². The van der Waals surface area contributed by atoms with Gasteiger partial charge < -0.3 is 4.74 Å². The molecule has 144 valence electrons. The third-order valence-corrected chi connectivity index (χ3v) is 6.45. The number of carbonyl (C=O) groups is 1. The van der Waals surface area contributed by atoms with Crippen molar-refractivity contribution in [3.63, 3.8) is 0 Å². The van der Waals surface area contributed by atoms with Gasteiger partial charge in [-0.3, -0.25) is 4.31 Å². The zero-order chi connectivity index (χ0) is 20.1. The molecule has 2 aromatic carbocycles. The molecule has 1 aromatic heterocycles. The molecule has 0 saturated heterocycles. The second kappa shape index (κ2) is 8.53. The molecule has 6 nitrogen and oxygen atoms in total. The van der Waals surface area contributed by atoms with Crippen molar-refractivity contribution in [2.75, 3.05) is 10.8 Å². The normalized spacial score (nSPS) is 11.1. The number of anilines is 1. The van der Waals surface area contributed by atoms with Crippen molar-refractivity contribution < 1.29 is 17.9 Å². The van der Waals surface area contributed by atoms with E-state index in [1.807, 2.05) is 6.07 Å². The van der Waals surface area contributed by atoms with Gasteiger partial charge in [0.05, 0.1) is 16.1 Å². The van der Waals surface area contributed by atoms with Crippen molar-refractivity contribution in [3.05, 3.63) is 83.1 Å². The molecule has 0 fully saturated rings. The Hall–Kier alpha value is -2.71. The van der Waals surface area contributed by atoms with E-state index >= 15 is 0 Å². The molecule has 0 unspecified atom stereocenters. The van der Waals surface area contributed by atoms with E-state index in [0.717, 1.165) is 0 Å². The number of carbonyl (C=O) groups excluding carboxylic acids is 1. The molecule has 0 aliphatic rings. The maximum absolute atomic E-state index is 13.0. The number of hydrogen-bond acceptors (Lipinski definition) is 5. The third kappa shape index (κ3) is 4.23. The maximum atomic E-state index is 13.0. The summed E-state index contributed by atoms with van der Waals surface area (Å²) in [4.78, 5) is 16.4. The van der Waals surface area contributed by atoms with Gasteiger partial charge in [-0.1, -0.05) is 18.2 Å². The Morgan fingerprint density at radius 1 is 1.04 bits per heavy atom. The Morgan fingerprint density at radius 3 is 2.32 bits per heavy atom. The van der Waals surface area contributed by atoms with Crippen molar-refractivity contribution in [1.82, 2.24) is 4.98 Å². The zero-order valence-electron chi connectivity index (χ0n) is 14.9. The van der Waals surface area contributed by atoms with Crippen LogP contribution in [0.15, 0.2) is 82.4 Å². The van der Waals surface area contributed by atoms with Crippen LogP contribution in [0.1, 0.15) is 17.3 Å². The average molecular weight is 461 g/mol. The van der Waals surface area contributed by atoms with Crippen LogP contribution < -0.4 is 9.04 Å². The van der Waals surface area contributed by atoms with Crippen LogP contribution in [0.25, 0.3) is 0 Å². The summed E-state index contributed by atoms with van der Waals surface area (Å²) in [5.74, 6) is -0.321. The van der Waals surface area contributed by atoms with Crippen molar-refractivity contribution in [2.24, 2.45) is 0 Å². The number of benzene rings is 2. The molecule has 28 heavy (non-hydrogen) atoms. The van der Waals surface area contributed by atoms with Crippen LogP contribution in [-0.2, 0) is 10.0 Å². The summed E-state index contributed by atoms with van der Waals surface area (Å²) < 4.78 is 33.0. The van der Waals surface area contributed by atoms with Gasteiger partial charge >= 0.3 is 5.97 Å². The average Bonchev–Trinajstić information content (AvgIpc) is 2.71. The van der Waals surface area contributed by atoms with Gasteiger partial charge in [-0.05, 0) is 71.4 Å². The first-order valence-electron chi connectivity index (χ1n) is 8.44. The van der Waals surface area contributed by atoms with Crippen molar-refractivity contribution >= 4 is 37.6 Å². The molecule has 0 radical (unpaired) electrons. The second-order valence-electron chi connectivity index (χ2n) is 5.71. The van der Waals surface area contributed by atoms with Gasteiger partial charge in [-0.15, -0.1) is 0 Å². The summed E-state index contributed by atoms with van der Waals surface area (Å²) >= 11 is 3.21. The highest BCUT2D eigenvalue weighted by atomic mass is 79.9. The number of sulfonamides is 1. The molecule has 1 heterocycles. The summed E-state index contributed by atoms with van der Waals surface area (Å²) in [7, 11) is -3.75. The molecular formula is C20H17BrN2O4S. The monoisotopic (exact) mass is 460 g/mol. The number of halogens is 1. The largest absolute Gasteiger partial charge is 0.420 e. The van der Waals surface area contributed by atoms with Gasteiger partial charge in [0.15, 0.2) is 5.75 Å². The van der Waals surface area contributed by atoms with Gasteiger partial charge in [-0.25, -0.2) is 18.2 Å². The number of nitrogens with zero attached hydrogens (tertiary/aromatic N) is 2. The smallest absolute Gasteiger partial charge is 0.343 e. The van der Waals surface area contributed by atoms with Crippen LogP contribution >= 0.6 is 15.9 Å². The van der Waals surface area contributed by atoms with E-state index < -0.39 is 16.0 Å². The number of pyridine rings is 1. The molecule has 0 bridgehead atoms. The Kier molecular flexibility index (Phi) is 6.11. The van der Waals surface area contributed by atoms with Gasteiger partial charge in [0.2, 0.25) is 0 Å². The minimum absolute atomic E-state index is 0.0947. The predicted octanol–water partition coefficient (Wildman–Crippen LogP) is 4.28. The van der Waals surface area contributed by atoms with Crippen molar-refractivity contribution in [1.29, 1.82) is 0 Å². The molecule has 0 aliphatic heterocycles. The topological polar surface area (TPSA) is 76.6 Å². The second-order valence-corrected chi connectivity index (χ2v) is 8.33. The quantitative estimate of drug-likeness (QED) is 0.405. The molecule has 0 spiro atoms.